The second-order valence-electron chi connectivity index (χ2n) is 10.5. The van der Waals surface area contributed by atoms with Crippen LogP contribution < -0.4 is 4.90 Å². The van der Waals surface area contributed by atoms with Crippen molar-refractivity contribution in [2.45, 2.75) is 63.3 Å². The van der Waals surface area contributed by atoms with Gasteiger partial charge in [0.15, 0.2) is 0 Å². The zero-order valence-electron chi connectivity index (χ0n) is 20.3. The van der Waals surface area contributed by atoms with Crippen LogP contribution in [-0.2, 0) is 19.1 Å². The van der Waals surface area contributed by atoms with Gasteiger partial charge in [0.05, 0.1) is 40.8 Å². The molecule has 3 aliphatic heterocycles. The molecule has 2 amide bonds. The largest absolute Gasteiger partial charge is 0.481 e. The Balaban J connectivity index is 1.87. The predicted octanol–water partition coefficient (Wildman–Crippen LogP) is 3.12. The summed E-state index contributed by atoms with van der Waals surface area (Å²) in [5, 5.41) is 20.8. The number of carboxylic acids is 1. The van der Waals surface area contributed by atoms with Gasteiger partial charge in [-0.05, 0) is 44.2 Å². The summed E-state index contributed by atoms with van der Waals surface area (Å²) < 4.78 is 6.44. The van der Waals surface area contributed by atoms with Gasteiger partial charge in [-0.1, -0.05) is 43.7 Å². The molecule has 1 aromatic carbocycles. The molecule has 0 saturated carbocycles. The van der Waals surface area contributed by atoms with Gasteiger partial charge in [0.1, 0.15) is 11.6 Å². The van der Waals surface area contributed by atoms with Gasteiger partial charge >= 0.3 is 5.97 Å². The molecule has 2 unspecified atom stereocenters. The molecular formula is C26H33ClN2O6. The maximum absolute atomic E-state index is 14.4. The van der Waals surface area contributed by atoms with E-state index in [1.165, 1.54) is 9.80 Å². The lowest BCUT2D eigenvalue weighted by molar-refractivity contribution is -0.156. The lowest BCUT2D eigenvalue weighted by atomic mass is 9.66. The molecule has 3 aliphatic rings. The van der Waals surface area contributed by atoms with Crippen LogP contribution in [0.15, 0.2) is 36.9 Å². The number of aliphatic hydroxyl groups excluding tert-OH is 1. The lowest BCUT2D eigenvalue weighted by Gasteiger charge is -2.40. The van der Waals surface area contributed by atoms with Crippen molar-refractivity contribution in [2.75, 3.05) is 18.1 Å². The van der Waals surface area contributed by atoms with Crippen LogP contribution in [0.2, 0.25) is 5.02 Å². The standard InChI is InChI=1S/C26H33ClN2O6/c1-5-12-28(18-9-7-6-8-17(18)27)23(32)21-26-11-10-25(4,35-26)20(24(33)34)19(26)22(31)29(21)16(14-30)13-15(2)3/h5-9,15-16,19-21,30H,1,10-14H2,2-4H3,(H,33,34)/t16-,19+,20-,21?,25+,26?/m1/s1. The summed E-state index contributed by atoms with van der Waals surface area (Å²) in [5.74, 6) is -3.94. The van der Waals surface area contributed by atoms with Crippen LogP contribution in [0.1, 0.15) is 40.0 Å². The highest BCUT2D eigenvalue weighted by Gasteiger charge is 2.78. The highest BCUT2D eigenvalue weighted by molar-refractivity contribution is 6.34. The van der Waals surface area contributed by atoms with Crippen molar-refractivity contribution in [2.24, 2.45) is 17.8 Å². The fourth-order valence-electron chi connectivity index (χ4n) is 6.49. The molecule has 2 N–H and O–H groups in total. The molecule has 190 valence electrons. The first kappa shape index (κ1) is 25.7. The third kappa shape index (κ3) is 3.86. The van der Waals surface area contributed by atoms with E-state index in [-0.39, 0.29) is 19.1 Å². The molecule has 0 aromatic heterocycles. The molecular weight excluding hydrogens is 472 g/mol. The maximum Gasteiger partial charge on any atom is 0.310 e. The van der Waals surface area contributed by atoms with Crippen molar-refractivity contribution in [3.63, 3.8) is 0 Å². The van der Waals surface area contributed by atoms with Gasteiger partial charge in [0.25, 0.3) is 5.91 Å². The fourth-order valence-corrected chi connectivity index (χ4v) is 6.72. The van der Waals surface area contributed by atoms with Crippen LogP contribution >= 0.6 is 11.6 Å². The van der Waals surface area contributed by atoms with Crippen molar-refractivity contribution in [1.29, 1.82) is 0 Å². The first-order valence-corrected chi connectivity index (χ1v) is 12.4. The molecule has 8 nitrogen and oxygen atoms in total. The van der Waals surface area contributed by atoms with Gasteiger partial charge in [-0.15, -0.1) is 6.58 Å². The molecule has 4 rings (SSSR count). The Morgan fingerprint density at radius 2 is 2.03 bits per heavy atom. The van der Waals surface area contributed by atoms with E-state index in [4.69, 9.17) is 16.3 Å². The minimum Gasteiger partial charge on any atom is -0.481 e. The molecule has 3 heterocycles. The predicted molar refractivity (Wildman–Crippen MR) is 131 cm³/mol. The number of ether oxygens (including phenoxy) is 1. The summed E-state index contributed by atoms with van der Waals surface area (Å²) in [6, 6.07) is 5.15. The highest BCUT2D eigenvalue weighted by atomic mass is 35.5. The summed E-state index contributed by atoms with van der Waals surface area (Å²) in [6.07, 6.45) is 2.83. The number of anilines is 1. The van der Waals surface area contributed by atoms with Crippen molar-refractivity contribution in [3.8, 4) is 0 Å². The minimum atomic E-state index is -1.29. The Morgan fingerprint density at radius 3 is 2.60 bits per heavy atom. The van der Waals surface area contributed by atoms with Gasteiger partial charge < -0.3 is 24.7 Å². The number of rotatable bonds is 9. The number of hydrogen-bond donors (Lipinski definition) is 2. The number of para-hydroxylation sites is 1. The topological polar surface area (TPSA) is 107 Å². The van der Waals surface area contributed by atoms with E-state index >= 15 is 0 Å². The maximum atomic E-state index is 14.4. The van der Waals surface area contributed by atoms with Gasteiger partial charge in [-0.2, -0.15) is 0 Å². The van der Waals surface area contributed by atoms with Gasteiger partial charge in [-0.25, -0.2) is 0 Å². The van der Waals surface area contributed by atoms with Crippen LogP contribution in [0.3, 0.4) is 0 Å². The van der Waals surface area contributed by atoms with Crippen molar-refractivity contribution < 1.29 is 29.3 Å². The number of carbonyl (C=O) groups excluding carboxylic acids is 2. The summed E-state index contributed by atoms with van der Waals surface area (Å²) in [4.78, 5) is 43.6. The number of hydrogen-bond acceptors (Lipinski definition) is 5. The Labute approximate surface area is 210 Å². The molecule has 3 saturated heterocycles. The average Bonchev–Trinajstić information content (AvgIpc) is 3.36. The second kappa shape index (κ2) is 9.22. The van der Waals surface area contributed by atoms with Crippen molar-refractivity contribution in [3.05, 3.63) is 41.9 Å². The molecule has 0 aliphatic carbocycles. The summed E-state index contributed by atoms with van der Waals surface area (Å²) in [7, 11) is 0. The van der Waals surface area contributed by atoms with Crippen LogP contribution in [0.5, 0.6) is 0 Å². The van der Waals surface area contributed by atoms with E-state index in [2.05, 4.69) is 6.58 Å². The van der Waals surface area contributed by atoms with Gasteiger partial charge in [0, 0.05) is 6.54 Å². The third-order valence-corrected chi connectivity index (χ3v) is 8.10. The van der Waals surface area contributed by atoms with Crippen LogP contribution in [0, 0.1) is 17.8 Å². The number of carbonyl (C=O) groups is 3. The van der Waals surface area contributed by atoms with Crippen LogP contribution in [0.25, 0.3) is 0 Å². The van der Waals surface area contributed by atoms with E-state index in [1.807, 2.05) is 13.8 Å². The smallest absolute Gasteiger partial charge is 0.310 e. The summed E-state index contributed by atoms with van der Waals surface area (Å²) in [6.45, 7) is 9.22. The quantitative estimate of drug-likeness (QED) is 0.500. The van der Waals surface area contributed by atoms with E-state index in [0.29, 0.717) is 30.0 Å². The summed E-state index contributed by atoms with van der Waals surface area (Å²) in [5.41, 5.74) is -1.88. The molecule has 6 atom stereocenters. The molecule has 2 bridgehead atoms. The molecule has 1 spiro atoms. The van der Waals surface area contributed by atoms with Gasteiger partial charge in [-0.3, -0.25) is 14.4 Å². The number of fused-ring (bicyclic) bond motifs is 1. The summed E-state index contributed by atoms with van der Waals surface area (Å²) >= 11 is 6.45. The molecule has 0 radical (unpaired) electrons. The number of aliphatic hydroxyl groups is 1. The zero-order chi connectivity index (χ0) is 25.7. The van der Waals surface area contributed by atoms with Crippen molar-refractivity contribution in [1.82, 2.24) is 4.90 Å². The monoisotopic (exact) mass is 504 g/mol. The first-order chi connectivity index (χ1) is 16.5. The number of nitrogens with zero attached hydrogens (tertiary/aromatic N) is 2. The molecule has 3 fully saturated rings. The number of amides is 2. The Kier molecular flexibility index (Phi) is 6.76. The van der Waals surface area contributed by atoms with Crippen LogP contribution in [-0.4, -0.2) is 69.3 Å². The van der Waals surface area contributed by atoms with E-state index in [9.17, 15) is 24.6 Å². The number of aliphatic carboxylic acids is 1. The normalized spacial score (nSPS) is 32.1. The highest BCUT2D eigenvalue weighted by Crippen LogP contribution is 2.63. The molecule has 1 aromatic rings. The van der Waals surface area contributed by atoms with E-state index in [0.717, 1.165) is 0 Å². The third-order valence-electron chi connectivity index (χ3n) is 7.78. The number of carboxylic acid groups (broad SMARTS) is 1. The second-order valence-corrected chi connectivity index (χ2v) is 10.9. The first-order valence-electron chi connectivity index (χ1n) is 12.0. The van der Waals surface area contributed by atoms with E-state index < -0.39 is 52.9 Å². The van der Waals surface area contributed by atoms with Crippen LogP contribution in [0.4, 0.5) is 5.69 Å². The molecule has 9 heteroatoms. The van der Waals surface area contributed by atoms with Crippen molar-refractivity contribution >= 4 is 35.1 Å². The Bertz CT molecular complexity index is 1050. The number of benzene rings is 1. The Hall–Kier alpha value is -2.42. The lowest BCUT2D eigenvalue weighted by Crippen LogP contribution is -2.59. The van der Waals surface area contributed by atoms with E-state index in [1.54, 1.807) is 37.3 Å². The SMILES string of the molecule is C=CCN(C(=O)C1N([C@@H](CO)CC(C)C)C(=O)[C@@H]2[C@H](C(=O)O)[C@]3(C)CCC12O3)c1ccccc1Cl. The van der Waals surface area contributed by atoms with Gasteiger partial charge in [0.2, 0.25) is 5.91 Å². The molecule has 35 heavy (non-hydrogen) atoms. The average molecular weight is 505 g/mol. The fraction of sp³-hybridized carbons (Fsp3) is 0.577. The Morgan fingerprint density at radius 1 is 1.34 bits per heavy atom. The zero-order valence-corrected chi connectivity index (χ0v) is 21.1. The minimum absolute atomic E-state index is 0.131. The number of likely N-dealkylation sites (tertiary alicyclic amines) is 1. The number of halogens is 1.